The molecule has 0 atom stereocenters. The summed E-state index contributed by atoms with van der Waals surface area (Å²) in [6.07, 6.45) is 11.0. The second-order valence-electron chi connectivity index (χ2n) is 6.22. The molecule has 1 amide bonds. The first-order valence-corrected chi connectivity index (χ1v) is 8.80. The average Bonchev–Trinajstić information content (AvgIpc) is 2.70. The molecule has 6 nitrogen and oxygen atoms in total. The Bertz CT molecular complexity index is 819. The summed E-state index contributed by atoms with van der Waals surface area (Å²) in [6, 6.07) is 9.06. The van der Waals surface area contributed by atoms with Gasteiger partial charge < -0.3 is 10.6 Å². The number of nitriles is 1. The van der Waals surface area contributed by atoms with Crippen LogP contribution in [0.25, 0.3) is 0 Å². The normalized spacial score (nSPS) is 13.4. The molecule has 6 heteroatoms. The standard InChI is InChI=1S/C20H21N5O/c21-12-16-6-8-18(9-7-16)25-20-23-13-17(14-24-20)19(26)22-11-10-15-4-2-1-3-5-15/h4,6-9,13-14H,1-3,5,10-11H2,(H,22,26)(H,23,24,25). The maximum Gasteiger partial charge on any atom is 0.254 e. The summed E-state index contributed by atoms with van der Waals surface area (Å²) in [4.78, 5) is 20.5. The van der Waals surface area contributed by atoms with Crippen LogP contribution in [0, 0.1) is 11.3 Å². The van der Waals surface area contributed by atoms with E-state index < -0.39 is 0 Å². The van der Waals surface area contributed by atoms with Crippen molar-refractivity contribution >= 4 is 17.5 Å². The highest BCUT2D eigenvalue weighted by Gasteiger charge is 2.08. The van der Waals surface area contributed by atoms with Crippen molar-refractivity contribution < 1.29 is 4.79 Å². The van der Waals surface area contributed by atoms with E-state index in [0.29, 0.717) is 23.6 Å². The van der Waals surface area contributed by atoms with E-state index in [1.807, 2.05) is 0 Å². The fraction of sp³-hybridized carbons (Fsp3) is 0.300. The van der Waals surface area contributed by atoms with Crippen molar-refractivity contribution in [2.75, 3.05) is 11.9 Å². The molecule has 0 saturated carbocycles. The van der Waals surface area contributed by atoms with Crippen LogP contribution in [0.4, 0.5) is 11.6 Å². The van der Waals surface area contributed by atoms with Gasteiger partial charge in [-0.2, -0.15) is 5.26 Å². The van der Waals surface area contributed by atoms with Crippen molar-refractivity contribution in [1.82, 2.24) is 15.3 Å². The lowest BCUT2D eigenvalue weighted by Gasteiger charge is -2.13. The molecule has 0 saturated heterocycles. The molecule has 0 spiro atoms. The molecule has 1 heterocycles. The molecule has 1 aromatic heterocycles. The van der Waals surface area contributed by atoms with Gasteiger partial charge in [-0.05, 0) is 56.4 Å². The monoisotopic (exact) mass is 347 g/mol. The average molecular weight is 347 g/mol. The van der Waals surface area contributed by atoms with Crippen LogP contribution in [0.2, 0.25) is 0 Å². The Morgan fingerprint density at radius 2 is 1.92 bits per heavy atom. The van der Waals surface area contributed by atoms with Crippen molar-refractivity contribution in [1.29, 1.82) is 5.26 Å². The van der Waals surface area contributed by atoms with E-state index >= 15 is 0 Å². The number of anilines is 2. The molecule has 1 aliphatic rings. The minimum absolute atomic E-state index is 0.161. The van der Waals surface area contributed by atoms with Gasteiger partial charge in [0.2, 0.25) is 5.95 Å². The highest BCUT2D eigenvalue weighted by molar-refractivity contribution is 5.93. The first-order valence-electron chi connectivity index (χ1n) is 8.80. The summed E-state index contributed by atoms with van der Waals surface area (Å²) < 4.78 is 0. The fourth-order valence-electron chi connectivity index (χ4n) is 2.84. The number of amides is 1. The fourth-order valence-corrected chi connectivity index (χ4v) is 2.84. The van der Waals surface area contributed by atoms with Gasteiger partial charge in [-0.25, -0.2) is 9.97 Å². The summed E-state index contributed by atoms with van der Waals surface area (Å²) in [5.41, 5.74) is 3.25. The summed E-state index contributed by atoms with van der Waals surface area (Å²) in [6.45, 7) is 0.635. The van der Waals surface area contributed by atoms with E-state index in [2.05, 4.69) is 32.7 Å². The van der Waals surface area contributed by atoms with E-state index in [0.717, 1.165) is 24.9 Å². The second-order valence-corrected chi connectivity index (χ2v) is 6.22. The molecular weight excluding hydrogens is 326 g/mol. The quantitative estimate of drug-likeness (QED) is 0.777. The predicted molar refractivity (Wildman–Crippen MR) is 100.0 cm³/mol. The van der Waals surface area contributed by atoms with Crippen molar-refractivity contribution in [3.05, 3.63) is 59.4 Å². The molecule has 0 radical (unpaired) electrons. The molecule has 0 aliphatic heterocycles. The van der Waals surface area contributed by atoms with Gasteiger partial charge >= 0.3 is 0 Å². The van der Waals surface area contributed by atoms with Gasteiger partial charge in [-0.3, -0.25) is 4.79 Å². The number of carbonyl (C=O) groups excluding carboxylic acids is 1. The van der Waals surface area contributed by atoms with E-state index in [1.165, 1.54) is 30.8 Å². The lowest BCUT2D eigenvalue weighted by molar-refractivity contribution is 0.0953. The van der Waals surface area contributed by atoms with Gasteiger partial charge in [0.15, 0.2) is 0 Å². The highest BCUT2D eigenvalue weighted by Crippen LogP contribution is 2.19. The number of benzene rings is 1. The minimum Gasteiger partial charge on any atom is -0.352 e. The molecule has 1 aromatic carbocycles. The zero-order chi connectivity index (χ0) is 18.2. The molecule has 0 unspecified atom stereocenters. The van der Waals surface area contributed by atoms with Crippen LogP contribution >= 0.6 is 0 Å². The Morgan fingerprint density at radius 3 is 2.58 bits per heavy atom. The lowest BCUT2D eigenvalue weighted by Crippen LogP contribution is -2.25. The number of aromatic nitrogens is 2. The molecule has 3 rings (SSSR count). The lowest BCUT2D eigenvalue weighted by atomic mass is 9.97. The molecule has 26 heavy (non-hydrogen) atoms. The number of hydrogen-bond donors (Lipinski definition) is 2. The summed E-state index contributed by atoms with van der Waals surface area (Å²) in [5.74, 6) is 0.241. The Labute approximate surface area is 153 Å². The van der Waals surface area contributed by atoms with Crippen LogP contribution in [-0.4, -0.2) is 22.4 Å². The Morgan fingerprint density at radius 1 is 1.15 bits per heavy atom. The molecule has 0 bridgehead atoms. The number of hydrogen-bond acceptors (Lipinski definition) is 5. The van der Waals surface area contributed by atoms with Crippen LogP contribution in [0.15, 0.2) is 48.3 Å². The largest absolute Gasteiger partial charge is 0.352 e. The SMILES string of the molecule is N#Cc1ccc(Nc2ncc(C(=O)NCCC3=CCCCC3)cn2)cc1. The first-order chi connectivity index (χ1) is 12.7. The minimum atomic E-state index is -0.161. The van der Waals surface area contributed by atoms with Crippen LogP contribution in [0.3, 0.4) is 0 Å². The van der Waals surface area contributed by atoms with Crippen molar-refractivity contribution in [3.8, 4) is 6.07 Å². The topological polar surface area (TPSA) is 90.7 Å². The van der Waals surface area contributed by atoms with Gasteiger partial charge in [-0.15, -0.1) is 0 Å². The van der Waals surface area contributed by atoms with Crippen molar-refractivity contribution in [2.45, 2.75) is 32.1 Å². The Balaban J connectivity index is 1.50. The number of nitrogens with zero attached hydrogens (tertiary/aromatic N) is 3. The number of allylic oxidation sites excluding steroid dienone is 1. The first kappa shape index (κ1) is 17.6. The van der Waals surface area contributed by atoms with Gasteiger partial charge in [-0.1, -0.05) is 11.6 Å². The smallest absolute Gasteiger partial charge is 0.254 e. The van der Waals surface area contributed by atoms with Gasteiger partial charge in [0.1, 0.15) is 0 Å². The third kappa shape index (κ3) is 4.90. The molecule has 0 fully saturated rings. The van der Waals surface area contributed by atoms with Crippen LogP contribution in [-0.2, 0) is 0 Å². The molecular formula is C20H21N5O. The van der Waals surface area contributed by atoms with Crippen molar-refractivity contribution in [2.24, 2.45) is 0 Å². The van der Waals surface area contributed by atoms with E-state index in [-0.39, 0.29) is 5.91 Å². The number of rotatable bonds is 6. The van der Waals surface area contributed by atoms with E-state index in [1.54, 1.807) is 24.3 Å². The van der Waals surface area contributed by atoms with Gasteiger partial charge in [0.05, 0.1) is 17.2 Å². The molecule has 2 N–H and O–H groups in total. The Kier molecular flexibility index (Phi) is 5.94. The molecule has 132 valence electrons. The third-order valence-electron chi connectivity index (χ3n) is 4.30. The number of nitrogens with one attached hydrogen (secondary N) is 2. The van der Waals surface area contributed by atoms with Crippen molar-refractivity contribution in [3.63, 3.8) is 0 Å². The zero-order valence-electron chi connectivity index (χ0n) is 14.5. The maximum absolute atomic E-state index is 12.2. The van der Waals surface area contributed by atoms with E-state index in [9.17, 15) is 4.79 Å². The predicted octanol–water partition coefficient (Wildman–Crippen LogP) is 3.71. The summed E-state index contributed by atoms with van der Waals surface area (Å²) in [7, 11) is 0. The van der Waals surface area contributed by atoms with Crippen LogP contribution in [0.1, 0.15) is 48.0 Å². The van der Waals surface area contributed by atoms with Gasteiger partial charge in [0, 0.05) is 24.6 Å². The van der Waals surface area contributed by atoms with E-state index in [4.69, 9.17) is 5.26 Å². The van der Waals surface area contributed by atoms with Crippen LogP contribution < -0.4 is 10.6 Å². The number of carbonyl (C=O) groups is 1. The molecule has 2 aromatic rings. The zero-order valence-corrected chi connectivity index (χ0v) is 14.5. The van der Waals surface area contributed by atoms with Crippen LogP contribution in [0.5, 0.6) is 0 Å². The Hall–Kier alpha value is -3.20. The maximum atomic E-state index is 12.2. The highest BCUT2D eigenvalue weighted by atomic mass is 16.1. The third-order valence-corrected chi connectivity index (χ3v) is 4.30. The summed E-state index contributed by atoms with van der Waals surface area (Å²) >= 11 is 0. The second kappa shape index (κ2) is 8.77. The summed E-state index contributed by atoms with van der Waals surface area (Å²) in [5, 5.41) is 14.8. The molecule has 1 aliphatic carbocycles. The van der Waals surface area contributed by atoms with Gasteiger partial charge in [0.25, 0.3) is 5.91 Å².